The van der Waals surface area contributed by atoms with Gasteiger partial charge < -0.3 is 20.3 Å². The molecule has 0 aromatic rings. The van der Waals surface area contributed by atoms with Crippen LogP contribution in [-0.2, 0) is 14.3 Å². The van der Waals surface area contributed by atoms with E-state index in [2.05, 4.69) is 67.8 Å². The second-order valence-electron chi connectivity index (χ2n) is 24.2. The van der Waals surface area contributed by atoms with E-state index in [0.717, 1.165) is 57.8 Å². The number of carbonyl (C=O) groups excluding carboxylic acids is 2. The number of hydrogen-bond acceptors (Lipinski definition) is 5. The second-order valence-corrected chi connectivity index (χ2v) is 24.2. The molecule has 0 radical (unpaired) electrons. The van der Waals surface area contributed by atoms with E-state index in [1.807, 2.05) is 0 Å². The predicted molar refractivity (Wildman–Crippen MR) is 347 cm³/mol. The average Bonchev–Trinajstić information content (AvgIpc) is 3.45. The Labute approximate surface area is 493 Å². The van der Waals surface area contributed by atoms with Crippen molar-refractivity contribution in [3.05, 3.63) is 48.6 Å². The maximum atomic E-state index is 12.5. The van der Waals surface area contributed by atoms with Crippen molar-refractivity contribution in [3.63, 3.8) is 0 Å². The molecule has 2 atom stereocenters. The number of unbranched alkanes of at least 4 members (excludes halogenated alkanes) is 47. The largest absolute Gasteiger partial charge is 0.466 e. The van der Waals surface area contributed by atoms with Crippen LogP contribution < -0.4 is 5.32 Å². The van der Waals surface area contributed by atoms with Crippen molar-refractivity contribution < 1.29 is 24.5 Å². The summed E-state index contributed by atoms with van der Waals surface area (Å²) in [4.78, 5) is 24.6. The quantitative estimate of drug-likeness (QED) is 0.0320. The lowest BCUT2D eigenvalue weighted by Crippen LogP contribution is -2.45. The maximum absolute atomic E-state index is 12.5. The average molecular weight is 1110 g/mol. The van der Waals surface area contributed by atoms with E-state index in [-0.39, 0.29) is 18.5 Å². The van der Waals surface area contributed by atoms with Gasteiger partial charge in [-0.1, -0.05) is 326 Å². The van der Waals surface area contributed by atoms with Gasteiger partial charge in [0.2, 0.25) is 5.91 Å². The van der Waals surface area contributed by atoms with Gasteiger partial charge in [0, 0.05) is 12.8 Å². The molecule has 0 saturated heterocycles. The Morgan fingerprint density at radius 2 is 0.633 bits per heavy atom. The molecule has 0 spiro atoms. The van der Waals surface area contributed by atoms with E-state index in [4.69, 9.17) is 4.74 Å². The molecule has 6 nitrogen and oxygen atoms in total. The van der Waals surface area contributed by atoms with Gasteiger partial charge in [-0.15, -0.1) is 0 Å². The van der Waals surface area contributed by atoms with Crippen LogP contribution in [0.15, 0.2) is 48.6 Å². The van der Waals surface area contributed by atoms with Gasteiger partial charge in [0.05, 0.1) is 25.4 Å². The summed E-state index contributed by atoms with van der Waals surface area (Å²) in [5.41, 5.74) is 0. The van der Waals surface area contributed by atoms with E-state index in [1.165, 1.54) is 289 Å². The highest BCUT2D eigenvalue weighted by atomic mass is 16.5. The lowest BCUT2D eigenvalue weighted by molar-refractivity contribution is -0.143. The summed E-state index contributed by atoms with van der Waals surface area (Å²) in [6.45, 7) is 4.95. The molecule has 1 amide bonds. The Kier molecular flexibility index (Phi) is 66.4. The summed E-state index contributed by atoms with van der Waals surface area (Å²) in [6.07, 6.45) is 88.7. The van der Waals surface area contributed by atoms with Crippen molar-refractivity contribution in [3.8, 4) is 0 Å². The normalized spacial score (nSPS) is 12.8. The minimum Gasteiger partial charge on any atom is -0.466 e. The van der Waals surface area contributed by atoms with E-state index in [0.29, 0.717) is 25.9 Å². The van der Waals surface area contributed by atoms with Crippen LogP contribution in [0.4, 0.5) is 0 Å². The fraction of sp³-hybridized carbons (Fsp3) is 0.863. The topological polar surface area (TPSA) is 95.9 Å². The van der Waals surface area contributed by atoms with Crippen molar-refractivity contribution in [2.24, 2.45) is 0 Å². The van der Waals surface area contributed by atoms with Crippen LogP contribution in [0.25, 0.3) is 0 Å². The fourth-order valence-electron chi connectivity index (χ4n) is 10.9. The summed E-state index contributed by atoms with van der Waals surface area (Å²) in [6, 6.07) is -0.543. The summed E-state index contributed by atoms with van der Waals surface area (Å²) in [7, 11) is 0. The van der Waals surface area contributed by atoms with Gasteiger partial charge in [0.25, 0.3) is 0 Å². The Morgan fingerprint density at radius 3 is 0.987 bits per heavy atom. The first-order chi connectivity index (χ1) is 39.0. The number of amides is 1. The minimum absolute atomic E-state index is 0.00440. The highest BCUT2D eigenvalue weighted by Gasteiger charge is 2.20. The first-order valence-electron chi connectivity index (χ1n) is 35.4. The molecule has 0 bridgehead atoms. The Morgan fingerprint density at radius 1 is 0.354 bits per heavy atom. The van der Waals surface area contributed by atoms with Gasteiger partial charge in [-0.2, -0.15) is 0 Å². The lowest BCUT2D eigenvalue weighted by atomic mass is 10.0. The molecular weight excluding hydrogens is 971 g/mol. The molecule has 0 aliphatic heterocycles. The number of hydrogen-bond donors (Lipinski definition) is 3. The molecule has 0 saturated carbocycles. The zero-order valence-corrected chi connectivity index (χ0v) is 53.1. The fourth-order valence-corrected chi connectivity index (χ4v) is 10.9. The third-order valence-corrected chi connectivity index (χ3v) is 16.4. The second kappa shape index (κ2) is 68.3. The van der Waals surface area contributed by atoms with Crippen molar-refractivity contribution >= 4 is 11.9 Å². The number of allylic oxidation sites excluding steroid dienone is 8. The third-order valence-electron chi connectivity index (χ3n) is 16.4. The zero-order chi connectivity index (χ0) is 57.1. The SMILES string of the molecule is CCCCC/C=C\C/C=C\CCCCCCCCCC(=O)OCCCCCCCCCCC/C=C\C/C=C\CCCCCCCCCCCCCCCC(=O)NC(CO)C(O)CCCCCCCCCCCCCCCCCC. The number of esters is 1. The van der Waals surface area contributed by atoms with Gasteiger partial charge in [0.1, 0.15) is 0 Å². The van der Waals surface area contributed by atoms with Crippen molar-refractivity contribution in [1.29, 1.82) is 0 Å². The number of aliphatic hydroxyl groups excluding tert-OH is 2. The smallest absolute Gasteiger partial charge is 0.305 e. The molecule has 464 valence electrons. The molecule has 0 aromatic carbocycles. The highest BCUT2D eigenvalue weighted by Crippen LogP contribution is 2.18. The van der Waals surface area contributed by atoms with Gasteiger partial charge in [-0.05, 0) is 89.9 Å². The standard InChI is InChI=1S/C73H137NO5/c1-3-5-7-9-11-13-15-17-19-34-39-43-47-51-55-59-63-67-73(78)79-68-64-60-56-52-48-44-40-36-33-31-29-27-25-23-21-22-24-26-28-30-32-35-38-42-46-50-54-58-62-66-72(77)74-70(69-75)71(76)65-61-57-53-49-45-41-37-20-18-16-14-12-10-8-6-4-2/h11,13,17,19,21,23,27,29,70-71,75-76H,3-10,12,14-16,18,20,22,24-26,28,30-69H2,1-2H3,(H,74,77)/b13-11-,19-17-,23-21-,29-27-. The monoisotopic (exact) mass is 1110 g/mol. The number of ether oxygens (including phenoxy) is 1. The van der Waals surface area contributed by atoms with E-state index in [9.17, 15) is 19.8 Å². The van der Waals surface area contributed by atoms with Crippen molar-refractivity contribution in [2.45, 2.75) is 392 Å². The Hall–Kier alpha value is -2.18. The van der Waals surface area contributed by atoms with E-state index >= 15 is 0 Å². The summed E-state index contributed by atoms with van der Waals surface area (Å²) >= 11 is 0. The first kappa shape index (κ1) is 76.8. The summed E-state index contributed by atoms with van der Waals surface area (Å²) in [5.74, 6) is -0.0293. The molecular formula is C73H137NO5. The molecule has 3 N–H and O–H groups in total. The van der Waals surface area contributed by atoms with Crippen LogP contribution >= 0.6 is 0 Å². The van der Waals surface area contributed by atoms with Gasteiger partial charge in [-0.3, -0.25) is 9.59 Å². The molecule has 6 heteroatoms. The molecule has 0 fully saturated rings. The van der Waals surface area contributed by atoms with Gasteiger partial charge in [-0.25, -0.2) is 0 Å². The Balaban J connectivity index is 3.40. The number of carbonyl (C=O) groups is 2. The van der Waals surface area contributed by atoms with E-state index in [1.54, 1.807) is 0 Å². The number of aliphatic hydroxyl groups is 2. The molecule has 0 aliphatic rings. The Bertz CT molecular complexity index is 1320. The van der Waals surface area contributed by atoms with Crippen LogP contribution in [0, 0.1) is 0 Å². The van der Waals surface area contributed by atoms with Crippen LogP contribution in [0.5, 0.6) is 0 Å². The highest BCUT2D eigenvalue weighted by molar-refractivity contribution is 5.76. The van der Waals surface area contributed by atoms with Crippen LogP contribution in [0.3, 0.4) is 0 Å². The molecule has 0 heterocycles. The molecule has 2 unspecified atom stereocenters. The van der Waals surface area contributed by atoms with Gasteiger partial charge in [0.15, 0.2) is 0 Å². The zero-order valence-electron chi connectivity index (χ0n) is 53.1. The molecule has 0 aliphatic carbocycles. The van der Waals surface area contributed by atoms with Crippen molar-refractivity contribution in [2.75, 3.05) is 13.2 Å². The van der Waals surface area contributed by atoms with E-state index < -0.39 is 12.1 Å². The number of rotatable bonds is 66. The maximum Gasteiger partial charge on any atom is 0.305 e. The summed E-state index contributed by atoms with van der Waals surface area (Å²) in [5, 5.41) is 23.3. The minimum atomic E-state index is -0.666. The predicted octanol–water partition coefficient (Wildman–Crippen LogP) is 22.9. The molecule has 79 heavy (non-hydrogen) atoms. The summed E-state index contributed by atoms with van der Waals surface area (Å²) < 4.78 is 5.49. The molecule has 0 aromatic heterocycles. The van der Waals surface area contributed by atoms with Crippen LogP contribution in [-0.4, -0.2) is 47.4 Å². The third kappa shape index (κ3) is 64.8. The van der Waals surface area contributed by atoms with Crippen LogP contribution in [0.1, 0.15) is 380 Å². The van der Waals surface area contributed by atoms with Crippen molar-refractivity contribution in [1.82, 2.24) is 5.32 Å². The first-order valence-corrected chi connectivity index (χ1v) is 35.4. The lowest BCUT2D eigenvalue weighted by Gasteiger charge is -2.22. The van der Waals surface area contributed by atoms with Gasteiger partial charge >= 0.3 is 5.97 Å². The number of nitrogens with one attached hydrogen (secondary N) is 1. The van der Waals surface area contributed by atoms with Crippen LogP contribution in [0.2, 0.25) is 0 Å². The molecule has 0 rings (SSSR count).